The topological polar surface area (TPSA) is 132 Å². The van der Waals surface area contributed by atoms with Crippen LogP contribution in [0.1, 0.15) is 130 Å². The average molecular weight is 621 g/mol. The van der Waals surface area contributed by atoms with Gasteiger partial charge in [-0.1, -0.05) is 96.6 Å². The quantitative estimate of drug-likeness (QED) is 0.160. The van der Waals surface area contributed by atoms with Crippen LogP contribution in [0.25, 0.3) is 0 Å². The summed E-state index contributed by atoms with van der Waals surface area (Å²) in [5, 5.41) is 40.4. The van der Waals surface area contributed by atoms with Crippen LogP contribution in [-0.4, -0.2) is 61.9 Å². The summed E-state index contributed by atoms with van der Waals surface area (Å²) in [5.41, 5.74) is -5.17. The Morgan fingerprint density at radius 2 is 1.55 bits per heavy atom. The molecule has 4 rings (SSSR count). The molecule has 250 valence electrons. The molecule has 0 bridgehead atoms. The SMILES string of the molecule is CCCCCCCCCCCCCC(=O)O.C[C@@H]1C[C@H]2[C@@H]3CCC4=CC(=O)C=C[C@]4(C)[C@@]3(F)[C@@H](O)C[C@]2(C)[C@@]1(O)C(=O)CO. The number of rotatable bonds is 14. The van der Waals surface area contributed by atoms with Gasteiger partial charge in [0, 0.05) is 23.2 Å². The number of aliphatic carboxylic acids is 1. The molecular weight excluding hydrogens is 563 g/mol. The maximum Gasteiger partial charge on any atom is 0.303 e. The fourth-order valence-electron chi connectivity index (χ4n) is 9.20. The van der Waals surface area contributed by atoms with Crippen LogP contribution in [0.3, 0.4) is 0 Å². The van der Waals surface area contributed by atoms with E-state index in [-0.39, 0.29) is 18.1 Å². The molecule has 0 aliphatic heterocycles. The molecule has 7 nitrogen and oxygen atoms in total. The maximum absolute atomic E-state index is 16.9. The number of hydrogen-bond acceptors (Lipinski definition) is 6. The molecule has 0 radical (unpaired) electrons. The lowest BCUT2D eigenvalue weighted by molar-refractivity contribution is -0.219. The van der Waals surface area contributed by atoms with E-state index >= 15 is 4.39 Å². The maximum atomic E-state index is 16.9. The van der Waals surface area contributed by atoms with E-state index < -0.39 is 58.4 Å². The molecule has 0 aromatic heterocycles. The van der Waals surface area contributed by atoms with Gasteiger partial charge in [0.2, 0.25) is 0 Å². The second-order valence-electron chi connectivity index (χ2n) is 14.4. The van der Waals surface area contributed by atoms with Crippen molar-refractivity contribution in [2.45, 2.75) is 148 Å². The lowest BCUT2D eigenvalue weighted by Crippen LogP contribution is -2.69. The molecule has 0 saturated heterocycles. The summed E-state index contributed by atoms with van der Waals surface area (Å²) in [4.78, 5) is 34.6. The minimum Gasteiger partial charge on any atom is -0.481 e. The number of halogens is 1. The summed E-state index contributed by atoms with van der Waals surface area (Å²) in [6.07, 6.45) is 18.8. The molecule has 8 atom stereocenters. The molecule has 4 aliphatic carbocycles. The van der Waals surface area contributed by atoms with E-state index in [1.165, 1.54) is 69.9 Å². The van der Waals surface area contributed by atoms with Crippen molar-refractivity contribution in [3.8, 4) is 0 Å². The number of aliphatic hydroxyl groups is 3. The molecule has 3 fully saturated rings. The molecule has 4 aliphatic rings. The lowest BCUT2D eigenvalue weighted by Gasteiger charge is -2.62. The minimum atomic E-state index is -1.98. The number of fused-ring (bicyclic) bond motifs is 5. The monoisotopic (exact) mass is 620 g/mol. The van der Waals surface area contributed by atoms with Gasteiger partial charge in [-0.25, -0.2) is 4.39 Å². The molecule has 0 aromatic carbocycles. The predicted molar refractivity (Wildman–Crippen MR) is 169 cm³/mol. The minimum absolute atomic E-state index is 0.0676. The molecule has 0 amide bonds. The first-order chi connectivity index (χ1) is 20.7. The number of unbranched alkanes of at least 4 members (excludes halogenated alkanes) is 10. The number of carboxylic acid groups (broad SMARTS) is 1. The van der Waals surface area contributed by atoms with Crippen LogP contribution in [0.15, 0.2) is 23.8 Å². The van der Waals surface area contributed by atoms with Crippen LogP contribution < -0.4 is 0 Å². The first-order valence-electron chi connectivity index (χ1n) is 17.1. The van der Waals surface area contributed by atoms with Crippen LogP contribution in [0.5, 0.6) is 0 Å². The average Bonchev–Trinajstić information content (AvgIpc) is 3.18. The molecule has 44 heavy (non-hydrogen) atoms. The third kappa shape index (κ3) is 6.78. The van der Waals surface area contributed by atoms with Gasteiger partial charge in [-0.15, -0.1) is 0 Å². The van der Waals surface area contributed by atoms with E-state index in [9.17, 15) is 29.7 Å². The largest absolute Gasteiger partial charge is 0.481 e. The molecule has 4 N–H and O–H groups in total. The van der Waals surface area contributed by atoms with Crippen molar-refractivity contribution >= 4 is 17.5 Å². The third-order valence-electron chi connectivity index (χ3n) is 11.8. The van der Waals surface area contributed by atoms with Gasteiger partial charge in [-0.2, -0.15) is 0 Å². The van der Waals surface area contributed by atoms with Crippen LogP contribution >= 0.6 is 0 Å². The van der Waals surface area contributed by atoms with E-state index in [0.29, 0.717) is 31.3 Å². The number of carbonyl (C=O) groups is 3. The van der Waals surface area contributed by atoms with Crippen molar-refractivity contribution in [1.82, 2.24) is 0 Å². The van der Waals surface area contributed by atoms with Crippen LogP contribution in [0.4, 0.5) is 4.39 Å². The first-order valence-corrected chi connectivity index (χ1v) is 17.1. The zero-order valence-corrected chi connectivity index (χ0v) is 27.5. The molecule has 3 saturated carbocycles. The van der Waals surface area contributed by atoms with Gasteiger partial charge in [0.15, 0.2) is 17.2 Å². The zero-order chi connectivity index (χ0) is 32.8. The highest BCUT2D eigenvalue weighted by Gasteiger charge is 2.75. The Morgan fingerprint density at radius 1 is 0.977 bits per heavy atom. The Labute approximate surface area is 263 Å². The van der Waals surface area contributed by atoms with Gasteiger partial charge in [0.05, 0.1) is 6.10 Å². The third-order valence-corrected chi connectivity index (χ3v) is 11.8. The Morgan fingerprint density at radius 3 is 2.09 bits per heavy atom. The number of aliphatic hydroxyl groups excluding tert-OH is 2. The van der Waals surface area contributed by atoms with E-state index in [0.717, 1.165) is 12.8 Å². The summed E-state index contributed by atoms with van der Waals surface area (Å²) in [7, 11) is 0. The summed E-state index contributed by atoms with van der Waals surface area (Å²) < 4.78 is 16.9. The second-order valence-corrected chi connectivity index (χ2v) is 14.4. The van der Waals surface area contributed by atoms with Crippen molar-refractivity contribution in [2.75, 3.05) is 6.61 Å². The normalized spacial score (nSPS) is 37.3. The summed E-state index contributed by atoms with van der Waals surface area (Å²) in [6.45, 7) is 6.73. The molecule has 8 heteroatoms. The van der Waals surface area contributed by atoms with Gasteiger partial charge in [-0.05, 0) is 63.0 Å². The molecule has 0 unspecified atom stereocenters. The highest BCUT2D eigenvalue weighted by molar-refractivity contribution is 6.01. The highest BCUT2D eigenvalue weighted by Crippen LogP contribution is 2.70. The summed E-state index contributed by atoms with van der Waals surface area (Å²) >= 11 is 0. The molecule has 0 aromatic rings. The van der Waals surface area contributed by atoms with Crippen molar-refractivity contribution in [1.29, 1.82) is 0 Å². The molecule has 0 heterocycles. The van der Waals surface area contributed by atoms with E-state index in [1.807, 2.05) is 0 Å². The number of allylic oxidation sites excluding steroid dienone is 4. The van der Waals surface area contributed by atoms with E-state index in [4.69, 9.17) is 5.11 Å². The van der Waals surface area contributed by atoms with Crippen molar-refractivity contribution in [3.63, 3.8) is 0 Å². The van der Waals surface area contributed by atoms with Crippen molar-refractivity contribution < 1.29 is 39.2 Å². The number of Topliss-reactive ketones (excluding diaryl/α,β-unsaturated/α-hetero) is 1. The summed E-state index contributed by atoms with van der Waals surface area (Å²) in [6, 6.07) is 0. The number of alkyl halides is 1. The van der Waals surface area contributed by atoms with Crippen LogP contribution in [-0.2, 0) is 14.4 Å². The van der Waals surface area contributed by atoms with Crippen LogP contribution in [0.2, 0.25) is 0 Å². The Kier molecular flexibility index (Phi) is 12.6. The fourth-order valence-corrected chi connectivity index (χ4v) is 9.20. The smallest absolute Gasteiger partial charge is 0.303 e. The van der Waals surface area contributed by atoms with Gasteiger partial charge < -0.3 is 20.4 Å². The van der Waals surface area contributed by atoms with Gasteiger partial charge in [0.1, 0.15) is 12.2 Å². The molecular formula is C36H57FO7. The Balaban J connectivity index is 0.000000284. The summed E-state index contributed by atoms with van der Waals surface area (Å²) in [5.74, 6) is -2.78. The molecule has 0 spiro atoms. The Hall–Kier alpha value is -1.90. The highest BCUT2D eigenvalue weighted by atomic mass is 19.1. The van der Waals surface area contributed by atoms with E-state index in [2.05, 4.69) is 6.92 Å². The lowest BCUT2D eigenvalue weighted by atomic mass is 9.44. The zero-order valence-electron chi connectivity index (χ0n) is 27.5. The number of carboxylic acids is 1. The van der Waals surface area contributed by atoms with Gasteiger partial charge in [-0.3, -0.25) is 14.4 Å². The van der Waals surface area contributed by atoms with Crippen molar-refractivity contribution in [2.24, 2.45) is 28.6 Å². The first kappa shape index (κ1) is 36.6. The second kappa shape index (κ2) is 15.1. The number of ketones is 2. The van der Waals surface area contributed by atoms with Gasteiger partial charge in [0.25, 0.3) is 0 Å². The predicted octanol–water partition coefficient (Wildman–Crippen LogP) is 6.67. The van der Waals surface area contributed by atoms with E-state index in [1.54, 1.807) is 26.8 Å². The fraction of sp³-hybridized carbons (Fsp3) is 0.806. The number of hydrogen-bond donors (Lipinski definition) is 4. The van der Waals surface area contributed by atoms with Crippen molar-refractivity contribution in [3.05, 3.63) is 23.8 Å². The van der Waals surface area contributed by atoms with Gasteiger partial charge >= 0.3 is 5.97 Å². The Bertz CT molecular complexity index is 1090. The standard InChI is InChI=1S/C22H29FO5.C14H28O2/c1-12-8-16-15-5-4-13-9-14(25)6-7-19(13,2)21(15,23)17(26)10-20(16,3)22(12,28)18(27)11-24;1-2-3-4-5-6-7-8-9-10-11-12-13-14(15)16/h6-7,9,12,15-17,24,26,28H,4-5,8,10-11H2,1-3H3;2-13H2,1H3,(H,15,16)/t12-,15+,16+,17+,19+,20+,21+,22+;/m1./s1. The number of carbonyl (C=O) groups excluding carboxylic acids is 2. The van der Waals surface area contributed by atoms with Crippen LogP contribution in [0, 0.1) is 28.6 Å².